The zero-order valence-corrected chi connectivity index (χ0v) is 14.1. The van der Waals surface area contributed by atoms with Gasteiger partial charge in [-0.1, -0.05) is 17.7 Å². The van der Waals surface area contributed by atoms with Crippen LogP contribution in [0.5, 0.6) is 0 Å². The molecule has 0 saturated carbocycles. The van der Waals surface area contributed by atoms with Crippen molar-refractivity contribution in [3.05, 3.63) is 47.0 Å². The van der Waals surface area contributed by atoms with E-state index in [1.54, 1.807) is 20.8 Å². The molecule has 0 aliphatic heterocycles. The Hall–Kier alpha value is -2.89. The lowest BCUT2D eigenvalue weighted by molar-refractivity contribution is 0.0526. The number of esters is 1. The van der Waals surface area contributed by atoms with Crippen LogP contribution in [0.25, 0.3) is 11.1 Å². The zero-order valence-electron chi connectivity index (χ0n) is 14.1. The Morgan fingerprint density at radius 3 is 2.54 bits per heavy atom. The van der Waals surface area contributed by atoms with Crippen molar-refractivity contribution in [3.63, 3.8) is 0 Å². The van der Waals surface area contributed by atoms with Gasteiger partial charge in [-0.2, -0.15) is 4.98 Å². The highest BCUT2D eigenvalue weighted by Gasteiger charge is 2.24. The van der Waals surface area contributed by atoms with E-state index in [2.05, 4.69) is 15.3 Å². The smallest absolute Gasteiger partial charge is 0.342 e. The number of anilines is 2. The van der Waals surface area contributed by atoms with Crippen LogP contribution in [-0.2, 0) is 4.74 Å². The van der Waals surface area contributed by atoms with Crippen LogP contribution < -0.4 is 5.32 Å². The van der Waals surface area contributed by atoms with Gasteiger partial charge in [-0.25, -0.2) is 9.78 Å². The zero-order chi connectivity index (χ0) is 17.3. The number of carbonyl (C=O) groups is 1. The molecule has 2 heterocycles. The van der Waals surface area contributed by atoms with E-state index >= 15 is 0 Å². The van der Waals surface area contributed by atoms with Crippen LogP contribution in [0.3, 0.4) is 0 Å². The highest BCUT2D eigenvalue weighted by atomic mass is 16.5. The van der Waals surface area contributed by atoms with Gasteiger partial charge in [0.1, 0.15) is 23.0 Å². The van der Waals surface area contributed by atoms with Crippen LogP contribution >= 0.6 is 0 Å². The van der Waals surface area contributed by atoms with Crippen LogP contribution in [0.2, 0.25) is 0 Å². The Labute approximate surface area is 139 Å². The fourth-order valence-electron chi connectivity index (χ4n) is 2.53. The van der Waals surface area contributed by atoms with E-state index < -0.39 is 5.97 Å². The lowest BCUT2D eigenvalue weighted by Gasteiger charge is -2.09. The molecule has 0 amide bonds. The molecule has 3 rings (SSSR count). The van der Waals surface area contributed by atoms with Crippen LogP contribution in [0, 0.1) is 20.8 Å². The van der Waals surface area contributed by atoms with E-state index in [0.717, 1.165) is 11.3 Å². The average Bonchev–Trinajstić information content (AvgIpc) is 2.85. The van der Waals surface area contributed by atoms with Crippen molar-refractivity contribution in [1.29, 1.82) is 0 Å². The minimum atomic E-state index is -0.437. The van der Waals surface area contributed by atoms with Gasteiger partial charge in [0, 0.05) is 5.69 Å². The third-order valence-corrected chi connectivity index (χ3v) is 3.63. The molecule has 1 aromatic carbocycles. The van der Waals surface area contributed by atoms with Crippen LogP contribution in [-0.4, -0.2) is 22.5 Å². The normalized spacial score (nSPS) is 10.8. The summed E-state index contributed by atoms with van der Waals surface area (Å²) in [7, 11) is 0. The maximum atomic E-state index is 12.3. The molecule has 24 heavy (non-hydrogen) atoms. The Balaban J connectivity index is 2.15. The number of hydrogen-bond acceptors (Lipinski definition) is 6. The maximum Gasteiger partial charge on any atom is 0.342 e. The largest absolute Gasteiger partial charge is 0.462 e. The van der Waals surface area contributed by atoms with Gasteiger partial charge in [0.05, 0.1) is 12.0 Å². The first-order chi connectivity index (χ1) is 11.5. The molecule has 0 unspecified atom stereocenters. The third-order valence-electron chi connectivity index (χ3n) is 3.63. The van der Waals surface area contributed by atoms with Gasteiger partial charge in [-0.3, -0.25) is 0 Å². The Morgan fingerprint density at radius 2 is 1.88 bits per heavy atom. The second-order valence-corrected chi connectivity index (χ2v) is 5.54. The van der Waals surface area contributed by atoms with Crippen molar-refractivity contribution in [2.24, 2.45) is 0 Å². The molecular weight excluding hydrogens is 306 g/mol. The lowest BCUT2D eigenvalue weighted by atomic mass is 10.1. The number of aromatic nitrogens is 2. The number of furan rings is 1. The monoisotopic (exact) mass is 325 g/mol. The fourth-order valence-corrected chi connectivity index (χ4v) is 2.53. The predicted octanol–water partition coefficient (Wildman–Crippen LogP) is 4.07. The molecule has 124 valence electrons. The first-order valence-corrected chi connectivity index (χ1v) is 7.78. The van der Waals surface area contributed by atoms with Crippen molar-refractivity contribution in [2.45, 2.75) is 27.7 Å². The molecule has 0 fully saturated rings. The average molecular weight is 325 g/mol. The Morgan fingerprint density at radius 1 is 1.17 bits per heavy atom. The van der Waals surface area contributed by atoms with Gasteiger partial charge in [0.25, 0.3) is 0 Å². The van der Waals surface area contributed by atoms with Gasteiger partial charge in [0.15, 0.2) is 0 Å². The summed E-state index contributed by atoms with van der Waals surface area (Å²) in [6, 6.07) is 7.91. The molecule has 0 radical (unpaired) electrons. The molecule has 3 aromatic rings. The van der Waals surface area contributed by atoms with Gasteiger partial charge in [0.2, 0.25) is 5.71 Å². The first kappa shape index (κ1) is 16.0. The molecule has 0 aliphatic rings. The topological polar surface area (TPSA) is 77.2 Å². The molecule has 6 heteroatoms. The minimum absolute atomic E-state index is 0.290. The van der Waals surface area contributed by atoms with E-state index in [1.807, 2.05) is 31.2 Å². The van der Waals surface area contributed by atoms with Crippen molar-refractivity contribution in [1.82, 2.24) is 9.97 Å². The molecule has 0 saturated heterocycles. The summed E-state index contributed by atoms with van der Waals surface area (Å²) in [5.41, 5.74) is 2.77. The Kier molecular flexibility index (Phi) is 4.20. The quantitative estimate of drug-likeness (QED) is 0.729. The number of nitrogens with zero attached hydrogens (tertiary/aromatic N) is 2. The lowest BCUT2D eigenvalue weighted by Crippen LogP contribution is -2.07. The van der Waals surface area contributed by atoms with E-state index in [9.17, 15) is 4.79 Å². The molecule has 1 N–H and O–H groups in total. The van der Waals surface area contributed by atoms with Crippen molar-refractivity contribution >= 4 is 28.6 Å². The van der Waals surface area contributed by atoms with Gasteiger partial charge >= 0.3 is 5.97 Å². The number of ether oxygens (including phenoxy) is 1. The van der Waals surface area contributed by atoms with Gasteiger partial charge in [-0.05, 0) is 39.8 Å². The molecule has 0 spiro atoms. The van der Waals surface area contributed by atoms with Gasteiger partial charge < -0.3 is 14.5 Å². The van der Waals surface area contributed by atoms with E-state index in [0.29, 0.717) is 40.7 Å². The second kappa shape index (κ2) is 6.31. The summed E-state index contributed by atoms with van der Waals surface area (Å²) in [5.74, 6) is 1.12. The highest BCUT2D eigenvalue weighted by Crippen LogP contribution is 2.32. The van der Waals surface area contributed by atoms with Crippen LogP contribution in [0.15, 0.2) is 28.7 Å². The van der Waals surface area contributed by atoms with Gasteiger partial charge in [-0.15, -0.1) is 0 Å². The number of fused-ring (bicyclic) bond motifs is 1. The van der Waals surface area contributed by atoms with Crippen LogP contribution in [0.4, 0.5) is 11.5 Å². The number of rotatable bonds is 4. The number of carbonyl (C=O) groups excluding carboxylic acids is 1. The standard InChI is InChI=1S/C18H19N3O3/c1-5-23-18(22)14-11(3)24-17-15(14)16(19-12(4)20-17)21-13-8-6-10(2)7-9-13/h6-9H,5H2,1-4H3,(H,19,20,21). The summed E-state index contributed by atoms with van der Waals surface area (Å²) in [6.45, 7) is 7.58. The SMILES string of the molecule is CCOC(=O)c1c(C)oc2nc(C)nc(Nc3ccc(C)cc3)c12. The Bertz CT molecular complexity index is 898. The summed E-state index contributed by atoms with van der Waals surface area (Å²) in [5, 5.41) is 3.79. The highest BCUT2D eigenvalue weighted by molar-refractivity contribution is 6.08. The second-order valence-electron chi connectivity index (χ2n) is 5.54. The summed E-state index contributed by atoms with van der Waals surface area (Å²) < 4.78 is 10.8. The number of hydrogen-bond donors (Lipinski definition) is 1. The number of nitrogens with one attached hydrogen (secondary N) is 1. The number of aryl methyl sites for hydroxylation is 3. The van der Waals surface area contributed by atoms with E-state index in [4.69, 9.17) is 9.15 Å². The van der Waals surface area contributed by atoms with Crippen LogP contribution in [0.1, 0.15) is 34.4 Å². The predicted molar refractivity (Wildman–Crippen MR) is 91.7 cm³/mol. The van der Waals surface area contributed by atoms with Crippen molar-refractivity contribution in [3.8, 4) is 0 Å². The van der Waals surface area contributed by atoms with Crippen molar-refractivity contribution < 1.29 is 13.9 Å². The molecule has 0 atom stereocenters. The summed E-state index contributed by atoms with van der Waals surface area (Å²) in [4.78, 5) is 21.0. The number of benzene rings is 1. The summed E-state index contributed by atoms with van der Waals surface area (Å²) in [6.07, 6.45) is 0. The maximum absolute atomic E-state index is 12.3. The fraction of sp³-hybridized carbons (Fsp3) is 0.278. The minimum Gasteiger partial charge on any atom is -0.462 e. The molecule has 2 aromatic heterocycles. The molecule has 0 bridgehead atoms. The van der Waals surface area contributed by atoms with E-state index in [-0.39, 0.29) is 0 Å². The molecular formula is C18H19N3O3. The third kappa shape index (κ3) is 2.95. The summed E-state index contributed by atoms with van der Waals surface area (Å²) >= 11 is 0. The molecule has 6 nitrogen and oxygen atoms in total. The first-order valence-electron chi connectivity index (χ1n) is 7.78. The van der Waals surface area contributed by atoms with Crippen molar-refractivity contribution in [2.75, 3.05) is 11.9 Å². The van der Waals surface area contributed by atoms with E-state index in [1.165, 1.54) is 0 Å². The molecule has 0 aliphatic carbocycles.